The molecule has 0 saturated heterocycles. The first-order valence-electron chi connectivity index (χ1n) is 11.0. The lowest BCUT2D eigenvalue weighted by atomic mass is 9.96. The molecule has 1 amide bonds. The number of aliphatic imine (C=N–C) groups is 1. The van der Waals surface area contributed by atoms with Crippen LogP contribution in [0.15, 0.2) is 53.2 Å². The molecule has 1 aromatic carbocycles. The Bertz CT molecular complexity index is 1280. The second-order valence-electron chi connectivity index (χ2n) is 9.43. The minimum atomic E-state index is -3.59. The zero-order valence-electron chi connectivity index (χ0n) is 20.6. The fourth-order valence-corrected chi connectivity index (χ4v) is 3.16. The predicted octanol–water partition coefficient (Wildman–Crippen LogP) is 5.08. The Morgan fingerprint density at radius 1 is 1.17 bits per heavy atom. The van der Waals surface area contributed by atoms with Gasteiger partial charge in [-0.15, -0.1) is 5.10 Å². The fraction of sp³-hybridized carbons (Fsp3) is 0.360. The molecule has 3 aromatic rings. The van der Waals surface area contributed by atoms with E-state index in [2.05, 4.69) is 25.7 Å². The highest BCUT2D eigenvalue weighted by molar-refractivity contribution is 6.05. The van der Waals surface area contributed by atoms with Crippen molar-refractivity contribution in [2.45, 2.75) is 47.1 Å². The van der Waals surface area contributed by atoms with Crippen LogP contribution in [0.5, 0.6) is 0 Å². The van der Waals surface area contributed by atoms with Crippen LogP contribution in [0, 0.1) is 11.2 Å². The Kier molecular flexibility index (Phi) is 7.33. The molecule has 0 aliphatic heterocycles. The number of alkyl halides is 2. The summed E-state index contributed by atoms with van der Waals surface area (Å²) in [6.07, 6.45) is 3.31. The van der Waals surface area contributed by atoms with Crippen LogP contribution in [-0.2, 0) is 17.3 Å². The third-order valence-electron chi connectivity index (χ3n) is 5.05. The van der Waals surface area contributed by atoms with Crippen LogP contribution < -0.4 is 10.6 Å². The smallest absolute Gasteiger partial charge is 0.333 e. The third kappa shape index (κ3) is 6.06. The van der Waals surface area contributed by atoms with Crippen molar-refractivity contribution in [3.8, 4) is 0 Å². The molecule has 0 aliphatic carbocycles. The van der Waals surface area contributed by atoms with Crippen molar-refractivity contribution in [2.24, 2.45) is 10.4 Å². The molecule has 0 fully saturated rings. The van der Waals surface area contributed by atoms with Crippen LogP contribution in [0.4, 0.5) is 19.0 Å². The number of hydrogen-bond acceptors (Lipinski definition) is 4. The number of anilines is 1. The van der Waals surface area contributed by atoms with Gasteiger partial charge in [-0.3, -0.25) is 9.79 Å². The fourth-order valence-electron chi connectivity index (χ4n) is 3.16. The summed E-state index contributed by atoms with van der Waals surface area (Å²) in [5, 5.41) is 9.89. The van der Waals surface area contributed by atoms with Gasteiger partial charge in [-0.05, 0) is 55.8 Å². The number of halogens is 3. The zero-order valence-corrected chi connectivity index (χ0v) is 20.6. The quantitative estimate of drug-likeness (QED) is 0.376. The Hall–Kier alpha value is -3.69. The second-order valence-corrected chi connectivity index (χ2v) is 9.43. The van der Waals surface area contributed by atoms with E-state index in [-0.39, 0.29) is 18.3 Å². The van der Waals surface area contributed by atoms with E-state index in [4.69, 9.17) is 0 Å². The number of allylic oxidation sites excluding steroid dienone is 1. The summed E-state index contributed by atoms with van der Waals surface area (Å²) in [6, 6.07) is 5.63. The summed E-state index contributed by atoms with van der Waals surface area (Å²) in [6.45, 7) is 9.33. The Morgan fingerprint density at radius 2 is 1.83 bits per heavy atom. The first kappa shape index (κ1) is 25.9. The third-order valence-corrected chi connectivity index (χ3v) is 5.05. The van der Waals surface area contributed by atoms with Gasteiger partial charge in [0.05, 0.1) is 0 Å². The van der Waals surface area contributed by atoms with E-state index in [1.165, 1.54) is 4.52 Å². The number of hydrogen-bond donors (Lipinski definition) is 2. The maximum absolute atomic E-state index is 15.4. The summed E-state index contributed by atoms with van der Waals surface area (Å²) < 4.78 is 45.3. The van der Waals surface area contributed by atoms with Crippen molar-refractivity contribution in [3.63, 3.8) is 0 Å². The van der Waals surface area contributed by atoms with Gasteiger partial charge in [-0.25, -0.2) is 13.9 Å². The molecule has 0 aliphatic rings. The molecule has 0 radical (unpaired) electrons. The minimum absolute atomic E-state index is 0.114. The maximum Gasteiger partial charge on any atom is 0.333 e. The summed E-state index contributed by atoms with van der Waals surface area (Å²) in [5.74, 6) is -4.60. The van der Waals surface area contributed by atoms with Crippen molar-refractivity contribution in [2.75, 3.05) is 12.4 Å². The largest absolute Gasteiger partial charge is 0.352 e. The molecule has 3 rings (SSSR count). The Labute approximate surface area is 202 Å². The monoisotopic (exact) mass is 486 g/mol. The molecule has 35 heavy (non-hydrogen) atoms. The van der Waals surface area contributed by atoms with E-state index in [1.54, 1.807) is 46.2 Å². The molecule has 7 nitrogen and oxygen atoms in total. The van der Waals surface area contributed by atoms with Crippen LogP contribution in [-0.4, -0.2) is 33.4 Å². The topological polar surface area (TPSA) is 83.7 Å². The van der Waals surface area contributed by atoms with E-state index < -0.39 is 28.5 Å². The predicted molar refractivity (Wildman–Crippen MR) is 130 cm³/mol. The molecular formula is C25H29F3N6O. The summed E-state index contributed by atoms with van der Waals surface area (Å²) in [5.41, 5.74) is 1.00. The number of amidine groups is 1. The molecule has 2 N–H and O–H groups in total. The first-order valence-corrected chi connectivity index (χ1v) is 11.0. The van der Waals surface area contributed by atoms with E-state index in [1.807, 2.05) is 13.8 Å². The average Bonchev–Trinajstić information content (AvgIpc) is 3.19. The number of carbonyl (C=O) groups is 1. The Balaban J connectivity index is 2.09. The van der Waals surface area contributed by atoms with Crippen LogP contribution >= 0.6 is 0 Å². The van der Waals surface area contributed by atoms with Gasteiger partial charge >= 0.3 is 5.92 Å². The molecule has 0 bridgehead atoms. The molecule has 0 saturated carbocycles. The number of nitrogens with one attached hydrogen (secondary N) is 2. The van der Waals surface area contributed by atoms with Gasteiger partial charge in [0.2, 0.25) is 11.7 Å². The highest BCUT2D eigenvalue weighted by Gasteiger charge is 2.39. The average molecular weight is 487 g/mol. The van der Waals surface area contributed by atoms with Gasteiger partial charge < -0.3 is 10.6 Å². The zero-order chi connectivity index (χ0) is 26.0. The summed E-state index contributed by atoms with van der Waals surface area (Å²) >= 11 is 0. The molecule has 186 valence electrons. The van der Waals surface area contributed by atoms with Crippen molar-refractivity contribution < 1.29 is 18.0 Å². The molecule has 0 unspecified atom stereocenters. The number of carbonyl (C=O) groups excluding carboxylic acids is 1. The first-order chi connectivity index (χ1) is 16.3. The summed E-state index contributed by atoms with van der Waals surface area (Å²) in [7, 11) is 1.57. The van der Waals surface area contributed by atoms with Crippen molar-refractivity contribution in [3.05, 3.63) is 70.9 Å². The summed E-state index contributed by atoms with van der Waals surface area (Å²) in [4.78, 5) is 20.6. The number of aromatic nitrogens is 3. The van der Waals surface area contributed by atoms with Crippen LogP contribution in [0.25, 0.3) is 5.52 Å². The molecular weight excluding hydrogens is 457 g/mol. The number of fused-ring (bicyclic) bond motifs is 1. The number of benzene rings is 1. The standard InChI is InChI=1S/C25H29F3N6O/c1-15(2)11-20(29-6)31-21-19-12-16(13-30-23(35)24(3,4)5)14-34(19)33-22(32-21)25(27,28)17-7-9-18(26)10-8-17/h7-12,14H,13H2,1-6H3,(H,30,35)(H,29,31,32,33). The van der Waals surface area contributed by atoms with Gasteiger partial charge in [0, 0.05) is 30.8 Å². The van der Waals surface area contributed by atoms with Crippen molar-refractivity contribution >= 4 is 23.1 Å². The second kappa shape index (κ2) is 9.89. The van der Waals surface area contributed by atoms with Crippen molar-refractivity contribution in [1.82, 2.24) is 19.9 Å². The van der Waals surface area contributed by atoms with Crippen LogP contribution in [0.3, 0.4) is 0 Å². The van der Waals surface area contributed by atoms with Gasteiger partial charge in [-0.1, -0.05) is 26.3 Å². The minimum Gasteiger partial charge on any atom is -0.352 e. The lowest BCUT2D eigenvalue weighted by Gasteiger charge is -2.17. The molecule has 2 aromatic heterocycles. The van der Waals surface area contributed by atoms with E-state index >= 15 is 8.78 Å². The molecule has 0 atom stereocenters. The number of amides is 1. The van der Waals surface area contributed by atoms with Gasteiger partial charge in [0.15, 0.2) is 5.82 Å². The van der Waals surface area contributed by atoms with Crippen LogP contribution in [0.2, 0.25) is 0 Å². The molecule has 10 heteroatoms. The Morgan fingerprint density at radius 3 is 2.40 bits per heavy atom. The van der Waals surface area contributed by atoms with Gasteiger partial charge in [0.1, 0.15) is 17.2 Å². The lowest BCUT2D eigenvalue weighted by molar-refractivity contribution is -0.128. The lowest BCUT2D eigenvalue weighted by Crippen LogP contribution is -2.34. The molecule has 2 heterocycles. The van der Waals surface area contributed by atoms with Crippen LogP contribution in [0.1, 0.15) is 51.6 Å². The molecule has 0 spiro atoms. The van der Waals surface area contributed by atoms with Crippen molar-refractivity contribution in [1.29, 1.82) is 0 Å². The van der Waals surface area contributed by atoms with E-state index in [0.29, 0.717) is 16.9 Å². The SMILES string of the molecule is CN=C(C=C(C)C)Nc1nc(C(F)(F)c2ccc(F)cc2)nn2cc(CNC(=O)C(C)(C)C)cc12. The highest BCUT2D eigenvalue weighted by Crippen LogP contribution is 2.34. The highest BCUT2D eigenvalue weighted by atomic mass is 19.3. The van der Waals surface area contributed by atoms with Gasteiger partial charge in [0.25, 0.3) is 0 Å². The number of nitrogens with zero attached hydrogens (tertiary/aromatic N) is 4. The number of rotatable bonds is 6. The van der Waals surface area contributed by atoms with E-state index in [0.717, 1.165) is 29.8 Å². The normalized spacial score (nSPS) is 12.5. The van der Waals surface area contributed by atoms with E-state index in [9.17, 15) is 9.18 Å². The maximum atomic E-state index is 15.4. The van der Waals surface area contributed by atoms with Gasteiger partial charge in [-0.2, -0.15) is 8.78 Å².